The number of rotatable bonds is 8. The molecule has 10 heteroatoms. The number of anilines is 1. The summed E-state index contributed by atoms with van der Waals surface area (Å²) in [4.78, 5) is 13.2. The van der Waals surface area contributed by atoms with Gasteiger partial charge in [-0.1, -0.05) is 26.0 Å². The van der Waals surface area contributed by atoms with E-state index in [1.165, 1.54) is 18.3 Å². The Bertz CT molecular complexity index is 1210. The van der Waals surface area contributed by atoms with Gasteiger partial charge in [-0.05, 0) is 32.9 Å². The van der Waals surface area contributed by atoms with Crippen molar-refractivity contribution < 1.29 is 22.8 Å². The summed E-state index contributed by atoms with van der Waals surface area (Å²) in [5, 5.41) is 13.1. The Kier molecular flexibility index (Phi) is 7.15. The van der Waals surface area contributed by atoms with Gasteiger partial charge in [0, 0.05) is 23.3 Å². The zero-order valence-electron chi connectivity index (χ0n) is 19.2. The molecule has 0 unspecified atom stereocenters. The van der Waals surface area contributed by atoms with Crippen LogP contribution in [0.15, 0.2) is 30.5 Å². The van der Waals surface area contributed by atoms with E-state index in [-0.39, 0.29) is 5.56 Å². The van der Waals surface area contributed by atoms with Gasteiger partial charge in [-0.15, -0.1) is 0 Å². The number of hydrogen-bond acceptors (Lipinski definition) is 6. The van der Waals surface area contributed by atoms with Crippen molar-refractivity contribution in [2.75, 3.05) is 17.6 Å². The maximum Gasteiger partial charge on any atom is 0.301 e. The van der Waals surface area contributed by atoms with Crippen LogP contribution in [0.5, 0.6) is 0 Å². The van der Waals surface area contributed by atoms with Gasteiger partial charge in [0.05, 0.1) is 23.3 Å². The first-order valence-corrected chi connectivity index (χ1v) is 12.9. The lowest BCUT2D eigenvalue weighted by molar-refractivity contribution is -0.108. The topological polar surface area (TPSA) is 88.0 Å². The second kappa shape index (κ2) is 9.39. The number of aromatic nitrogens is 3. The fourth-order valence-corrected chi connectivity index (χ4v) is 5.40. The van der Waals surface area contributed by atoms with Crippen molar-refractivity contribution >= 4 is 29.3 Å². The number of aliphatic hydroxyl groups is 1. The summed E-state index contributed by atoms with van der Waals surface area (Å²) in [6.45, 7) is 7.93. The average Bonchev–Trinajstić information content (AvgIpc) is 2.78. The molecule has 2 atom stereocenters. The zero-order valence-corrected chi connectivity index (χ0v) is 20.1. The van der Waals surface area contributed by atoms with Crippen LogP contribution in [0.2, 0.25) is 0 Å². The number of hydrogen-bond donors (Lipinski definition) is 2. The molecule has 3 aromatic rings. The molecule has 3 rings (SSSR count). The highest BCUT2D eigenvalue weighted by Crippen LogP contribution is 2.43. The van der Waals surface area contributed by atoms with Crippen LogP contribution in [0.1, 0.15) is 50.7 Å². The highest BCUT2D eigenvalue weighted by atomic mass is 31.2. The maximum atomic E-state index is 15.1. The number of nitrogens with one attached hydrogen (secondary N) is 1. The molecule has 0 amide bonds. The van der Waals surface area contributed by atoms with Crippen LogP contribution < -0.4 is 10.8 Å². The molecule has 0 bridgehead atoms. The molecule has 2 aromatic heterocycles. The van der Waals surface area contributed by atoms with E-state index in [2.05, 4.69) is 20.3 Å². The highest BCUT2D eigenvalue weighted by molar-refractivity contribution is 7.71. The van der Waals surface area contributed by atoms with Crippen molar-refractivity contribution in [1.29, 1.82) is 0 Å². The Morgan fingerprint density at radius 2 is 1.85 bits per heavy atom. The average molecular weight is 480 g/mol. The first-order chi connectivity index (χ1) is 15.4. The molecule has 0 spiro atoms. The second-order valence-electron chi connectivity index (χ2n) is 8.07. The second-order valence-corrected chi connectivity index (χ2v) is 11.6. The number of alkyl halides is 2. The molecule has 0 saturated carbocycles. The predicted octanol–water partition coefficient (Wildman–Crippen LogP) is 5.15. The van der Waals surface area contributed by atoms with Crippen molar-refractivity contribution in [3.05, 3.63) is 53.2 Å². The van der Waals surface area contributed by atoms with Crippen molar-refractivity contribution in [2.45, 2.75) is 52.7 Å². The number of halogens is 3. The molecule has 0 saturated heterocycles. The van der Waals surface area contributed by atoms with Crippen molar-refractivity contribution in [1.82, 2.24) is 15.0 Å². The first kappa shape index (κ1) is 25.1. The summed E-state index contributed by atoms with van der Waals surface area (Å²) in [6.07, 6.45) is 0.419. The molecular weight excluding hydrogens is 452 g/mol. The largest absolute Gasteiger partial charge is 0.387 e. The molecule has 0 radical (unpaired) electrons. The third kappa shape index (κ3) is 4.75. The number of aryl methyl sites for hydroxylation is 1. The molecule has 2 heterocycles. The van der Waals surface area contributed by atoms with Gasteiger partial charge in [0.15, 0.2) is 0 Å². The van der Waals surface area contributed by atoms with E-state index in [0.29, 0.717) is 40.3 Å². The third-order valence-electron chi connectivity index (χ3n) is 5.85. The van der Waals surface area contributed by atoms with Crippen LogP contribution in [0.25, 0.3) is 10.9 Å². The smallest absolute Gasteiger partial charge is 0.301 e. The van der Waals surface area contributed by atoms with Crippen LogP contribution in [0.4, 0.5) is 19.0 Å². The number of fused-ring (bicyclic) bond motifs is 1. The predicted molar refractivity (Wildman–Crippen MR) is 124 cm³/mol. The Balaban J connectivity index is 2.07. The lowest BCUT2D eigenvalue weighted by Crippen LogP contribution is -2.29. The summed E-state index contributed by atoms with van der Waals surface area (Å²) >= 11 is 0. The molecule has 0 aliphatic carbocycles. The zero-order chi connectivity index (χ0) is 24.6. The van der Waals surface area contributed by atoms with E-state index < -0.39 is 36.6 Å². The Morgan fingerprint density at radius 1 is 1.18 bits per heavy atom. The van der Waals surface area contributed by atoms with Gasteiger partial charge in [0.2, 0.25) is 0 Å². The number of aliphatic hydroxyl groups excluding tert-OH is 1. The number of benzene rings is 1. The van der Waals surface area contributed by atoms with Crippen LogP contribution in [-0.2, 0) is 10.5 Å². The number of nitrogens with zero attached hydrogens (tertiary/aromatic N) is 3. The SMILES string of the molecule is CCP(=O)(CC)c1cc2c(N[C@H](C)c3cccc(C(F)(F)[C@@H](C)O)c3F)nc(C)nc2cn1. The fraction of sp³-hybridized carbons (Fsp3) is 0.435. The molecule has 178 valence electrons. The van der Waals surface area contributed by atoms with Gasteiger partial charge < -0.3 is 15.0 Å². The molecular formula is C23H28F3N4O2P. The summed E-state index contributed by atoms with van der Waals surface area (Å²) in [7, 11) is -2.67. The molecule has 6 nitrogen and oxygen atoms in total. The van der Waals surface area contributed by atoms with Crippen molar-refractivity contribution in [2.24, 2.45) is 0 Å². The third-order valence-corrected chi connectivity index (χ3v) is 8.97. The van der Waals surface area contributed by atoms with Crippen molar-refractivity contribution in [3.63, 3.8) is 0 Å². The molecule has 33 heavy (non-hydrogen) atoms. The molecule has 0 aliphatic rings. The molecule has 0 aliphatic heterocycles. The van der Waals surface area contributed by atoms with Crippen LogP contribution in [0.3, 0.4) is 0 Å². The minimum atomic E-state index is -3.74. The van der Waals surface area contributed by atoms with Crippen LogP contribution in [-0.4, -0.2) is 38.5 Å². The Hall–Kier alpha value is -2.51. The van der Waals surface area contributed by atoms with E-state index >= 15 is 4.39 Å². The van der Waals surface area contributed by atoms with Crippen molar-refractivity contribution in [3.8, 4) is 0 Å². The Labute approximate surface area is 191 Å². The summed E-state index contributed by atoms with van der Waals surface area (Å²) in [5.74, 6) is -4.03. The van der Waals surface area contributed by atoms with Crippen LogP contribution in [0, 0.1) is 12.7 Å². The molecule has 0 fully saturated rings. The van der Waals surface area contributed by atoms with E-state index in [9.17, 15) is 18.5 Å². The van der Waals surface area contributed by atoms with E-state index in [1.54, 1.807) is 19.9 Å². The van der Waals surface area contributed by atoms with Gasteiger partial charge in [-0.25, -0.2) is 14.4 Å². The first-order valence-electron chi connectivity index (χ1n) is 10.8. The van der Waals surface area contributed by atoms with Gasteiger partial charge >= 0.3 is 5.92 Å². The minimum Gasteiger partial charge on any atom is -0.387 e. The van der Waals surface area contributed by atoms with E-state index in [1.807, 2.05) is 13.8 Å². The Morgan fingerprint density at radius 3 is 2.45 bits per heavy atom. The quantitative estimate of drug-likeness (QED) is 0.434. The van der Waals surface area contributed by atoms with E-state index in [4.69, 9.17) is 0 Å². The van der Waals surface area contributed by atoms with Gasteiger partial charge in [-0.2, -0.15) is 8.78 Å². The van der Waals surface area contributed by atoms with Gasteiger partial charge in [0.1, 0.15) is 36.1 Å². The fourth-order valence-electron chi connectivity index (χ4n) is 3.67. The minimum absolute atomic E-state index is 0.000641. The monoisotopic (exact) mass is 480 g/mol. The normalized spacial score (nSPS) is 14.3. The summed E-state index contributed by atoms with van der Waals surface area (Å²) in [6, 6.07) is 4.64. The van der Waals surface area contributed by atoms with Gasteiger partial charge in [-0.3, -0.25) is 4.98 Å². The highest BCUT2D eigenvalue weighted by Gasteiger charge is 2.40. The lowest BCUT2D eigenvalue weighted by Gasteiger charge is -2.23. The molecule has 1 aromatic carbocycles. The lowest BCUT2D eigenvalue weighted by atomic mass is 9.97. The van der Waals surface area contributed by atoms with Crippen LogP contribution >= 0.6 is 7.14 Å². The molecule has 2 N–H and O–H groups in total. The standard InChI is InChI=1S/C23H28F3N4O2P/c1-6-33(32,7-2)20-11-17-19(12-27-20)29-15(5)30-22(17)28-13(3)16-9-8-10-18(21(16)24)23(25,26)14(4)31/h8-14,31H,6-7H2,1-5H3,(H,28,29,30)/t13-,14-/m1/s1. The van der Waals surface area contributed by atoms with Gasteiger partial charge in [0.25, 0.3) is 0 Å². The summed E-state index contributed by atoms with van der Waals surface area (Å²) < 4.78 is 56.9. The van der Waals surface area contributed by atoms with E-state index in [0.717, 1.165) is 13.0 Å². The number of pyridine rings is 1. The summed E-state index contributed by atoms with van der Waals surface area (Å²) in [5.41, 5.74) is 0.118. The maximum absolute atomic E-state index is 15.1.